The van der Waals surface area contributed by atoms with E-state index < -0.39 is 0 Å². The summed E-state index contributed by atoms with van der Waals surface area (Å²) in [6, 6.07) is 0. The van der Waals surface area contributed by atoms with E-state index in [9.17, 15) is 4.79 Å². The average Bonchev–Trinajstić information content (AvgIpc) is 2.38. The number of likely N-dealkylation sites (tertiary alicyclic amines) is 1. The van der Waals surface area contributed by atoms with Gasteiger partial charge in [-0.25, -0.2) is 0 Å². The highest BCUT2D eigenvalue weighted by atomic mass is 16.1. The first kappa shape index (κ1) is 16.6. The largest absolute Gasteiger partial charge is 0.304 e. The molecule has 2 heteroatoms. The van der Waals surface area contributed by atoms with E-state index in [0.29, 0.717) is 5.78 Å². The van der Waals surface area contributed by atoms with Crippen molar-refractivity contribution >= 4 is 5.78 Å². The first-order valence-corrected chi connectivity index (χ1v) is 7.38. The van der Waals surface area contributed by atoms with Crippen LogP contribution in [-0.4, -0.2) is 30.3 Å². The number of carbonyl (C=O) groups excluding carboxylic acids is 1. The molecule has 2 nitrogen and oxygen atoms in total. The molecule has 0 saturated carbocycles. The van der Waals surface area contributed by atoms with E-state index in [1.54, 1.807) is 0 Å². The molecule has 17 heavy (non-hydrogen) atoms. The van der Waals surface area contributed by atoms with Gasteiger partial charge in [0.25, 0.3) is 0 Å². The quantitative estimate of drug-likeness (QED) is 0.730. The smallest absolute Gasteiger partial charge is 0.135 e. The lowest BCUT2D eigenvalue weighted by Crippen LogP contribution is -2.33. The lowest BCUT2D eigenvalue weighted by molar-refractivity contribution is -0.122. The molecule has 0 aromatic rings. The molecule has 1 aliphatic rings. The molecule has 102 valence electrons. The van der Waals surface area contributed by atoms with Crippen LogP contribution in [-0.2, 0) is 4.79 Å². The Morgan fingerprint density at radius 2 is 1.76 bits per heavy atom. The van der Waals surface area contributed by atoms with E-state index in [0.717, 1.165) is 18.8 Å². The summed E-state index contributed by atoms with van der Waals surface area (Å²) in [6.45, 7) is 13.9. The van der Waals surface area contributed by atoms with Crippen LogP contribution in [0.5, 0.6) is 0 Å². The zero-order valence-electron chi connectivity index (χ0n) is 12.5. The van der Waals surface area contributed by atoms with Crippen LogP contribution in [0.15, 0.2) is 0 Å². The van der Waals surface area contributed by atoms with Crippen LogP contribution in [0, 0.1) is 11.8 Å². The summed E-state index contributed by atoms with van der Waals surface area (Å²) in [7, 11) is 0. The number of Topliss-reactive ketones (excluding diaryl/α,β-unsaturated/α-hetero) is 1. The number of hydrogen-bond acceptors (Lipinski definition) is 2. The Morgan fingerprint density at radius 1 is 1.24 bits per heavy atom. The molecule has 1 saturated heterocycles. The summed E-state index contributed by atoms with van der Waals surface area (Å²) in [5.74, 6) is 1.46. The molecule has 0 aromatic carbocycles. The van der Waals surface area contributed by atoms with Gasteiger partial charge >= 0.3 is 0 Å². The van der Waals surface area contributed by atoms with Crippen LogP contribution < -0.4 is 0 Å². The minimum Gasteiger partial charge on any atom is -0.304 e. The topological polar surface area (TPSA) is 20.3 Å². The van der Waals surface area contributed by atoms with Crippen molar-refractivity contribution in [1.82, 2.24) is 4.90 Å². The molecule has 0 bridgehead atoms. The molecule has 0 amide bonds. The molecule has 0 atom stereocenters. The van der Waals surface area contributed by atoms with Gasteiger partial charge in [0.15, 0.2) is 0 Å². The van der Waals surface area contributed by atoms with Gasteiger partial charge in [0.1, 0.15) is 5.78 Å². The van der Waals surface area contributed by atoms with Crippen molar-refractivity contribution in [3.8, 4) is 0 Å². The van der Waals surface area contributed by atoms with Crippen LogP contribution >= 0.6 is 0 Å². The molecule has 1 heterocycles. The summed E-state index contributed by atoms with van der Waals surface area (Å²) < 4.78 is 0. The van der Waals surface area contributed by atoms with Crippen molar-refractivity contribution in [2.75, 3.05) is 19.6 Å². The molecule has 0 aliphatic carbocycles. The van der Waals surface area contributed by atoms with Crippen molar-refractivity contribution in [3.63, 3.8) is 0 Å². The van der Waals surface area contributed by atoms with Crippen molar-refractivity contribution in [3.05, 3.63) is 0 Å². The van der Waals surface area contributed by atoms with Crippen molar-refractivity contribution in [2.45, 2.75) is 60.3 Å². The number of rotatable bonds is 5. The fraction of sp³-hybridized carbons (Fsp3) is 0.933. The summed E-state index contributed by atoms with van der Waals surface area (Å²) in [5.41, 5.74) is 0. The molecular weight excluding hydrogens is 210 g/mol. The monoisotopic (exact) mass is 241 g/mol. The predicted molar refractivity (Wildman–Crippen MR) is 75.3 cm³/mol. The van der Waals surface area contributed by atoms with Crippen LogP contribution in [0.3, 0.4) is 0 Å². The van der Waals surface area contributed by atoms with Gasteiger partial charge < -0.3 is 4.90 Å². The summed E-state index contributed by atoms with van der Waals surface area (Å²) in [6.07, 6.45) is 4.50. The minimum absolute atomic E-state index is 0.223. The van der Waals surface area contributed by atoms with Crippen LogP contribution in [0.1, 0.15) is 60.3 Å². The second-order valence-electron chi connectivity index (χ2n) is 5.04. The Balaban J connectivity index is 0.00000121. The average molecular weight is 241 g/mol. The summed E-state index contributed by atoms with van der Waals surface area (Å²) in [4.78, 5) is 14.0. The Hall–Kier alpha value is -0.370. The van der Waals surface area contributed by atoms with Gasteiger partial charge in [-0.1, -0.05) is 34.6 Å². The summed E-state index contributed by atoms with van der Waals surface area (Å²) >= 11 is 0. The third kappa shape index (κ3) is 6.82. The van der Waals surface area contributed by atoms with Crippen LogP contribution in [0.4, 0.5) is 0 Å². The van der Waals surface area contributed by atoms with Gasteiger partial charge in [-0.15, -0.1) is 0 Å². The van der Waals surface area contributed by atoms with Crippen molar-refractivity contribution in [1.29, 1.82) is 0 Å². The normalized spacial score (nSPS) is 17.8. The molecular formula is C15H31NO. The SMILES string of the molecule is CC.CCN1CCC(CCC(=O)C(C)C)CC1. The van der Waals surface area contributed by atoms with E-state index in [2.05, 4.69) is 11.8 Å². The van der Waals surface area contributed by atoms with Crippen molar-refractivity contribution < 1.29 is 4.79 Å². The van der Waals surface area contributed by atoms with Gasteiger partial charge in [0.05, 0.1) is 0 Å². The van der Waals surface area contributed by atoms with E-state index in [1.807, 2.05) is 27.7 Å². The Labute approximate surface area is 108 Å². The third-order valence-corrected chi connectivity index (χ3v) is 3.60. The number of hydrogen-bond donors (Lipinski definition) is 0. The zero-order valence-corrected chi connectivity index (χ0v) is 12.5. The second kappa shape index (κ2) is 9.64. The molecule has 0 unspecified atom stereocenters. The Bertz CT molecular complexity index is 193. The number of carbonyl (C=O) groups is 1. The highest BCUT2D eigenvalue weighted by Crippen LogP contribution is 2.22. The summed E-state index contributed by atoms with van der Waals surface area (Å²) in [5, 5.41) is 0. The number of nitrogens with zero attached hydrogens (tertiary/aromatic N) is 1. The lowest BCUT2D eigenvalue weighted by atomic mass is 9.90. The number of ketones is 1. The minimum atomic E-state index is 0.223. The lowest BCUT2D eigenvalue weighted by Gasteiger charge is -2.30. The van der Waals surface area contributed by atoms with Gasteiger partial charge in [-0.3, -0.25) is 4.79 Å². The molecule has 1 rings (SSSR count). The molecule has 1 fully saturated rings. The molecule has 0 spiro atoms. The second-order valence-corrected chi connectivity index (χ2v) is 5.04. The molecule has 0 radical (unpaired) electrons. The van der Waals surface area contributed by atoms with E-state index >= 15 is 0 Å². The highest BCUT2D eigenvalue weighted by Gasteiger charge is 2.19. The predicted octanol–water partition coefficient (Wildman–Crippen LogP) is 3.75. The van der Waals surface area contributed by atoms with Gasteiger partial charge in [-0.2, -0.15) is 0 Å². The first-order chi connectivity index (χ1) is 8.13. The van der Waals surface area contributed by atoms with E-state index in [4.69, 9.17) is 0 Å². The highest BCUT2D eigenvalue weighted by molar-refractivity contribution is 5.80. The fourth-order valence-corrected chi connectivity index (χ4v) is 2.23. The Kier molecular flexibility index (Phi) is 9.43. The van der Waals surface area contributed by atoms with E-state index in [1.165, 1.54) is 32.5 Å². The fourth-order valence-electron chi connectivity index (χ4n) is 2.23. The van der Waals surface area contributed by atoms with Gasteiger partial charge in [-0.05, 0) is 44.8 Å². The maximum absolute atomic E-state index is 11.5. The zero-order chi connectivity index (χ0) is 13.3. The number of piperidine rings is 1. The Morgan fingerprint density at radius 3 is 2.18 bits per heavy atom. The standard InChI is InChI=1S/C13H25NO.C2H6/c1-4-14-9-7-12(8-10-14)5-6-13(15)11(2)3;1-2/h11-12H,4-10H2,1-3H3;1-2H3. The third-order valence-electron chi connectivity index (χ3n) is 3.60. The maximum Gasteiger partial charge on any atom is 0.135 e. The van der Waals surface area contributed by atoms with Gasteiger partial charge in [0, 0.05) is 12.3 Å². The van der Waals surface area contributed by atoms with E-state index in [-0.39, 0.29) is 5.92 Å². The molecule has 0 N–H and O–H groups in total. The van der Waals surface area contributed by atoms with Crippen LogP contribution in [0.2, 0.25) is 0 Å². The van der Waals surface area contributed by atoms with Crippen molar-refractivity contribution in [2.24, 2.45) is 11.8 Å². The van der Waals surface area contributed by atoms with Gasteiger partial charge in [0.2, 0.25) is 0 Å². The first-order valence-electron chi connectivity index (χ1n) is 7.38. The molecule has 1 aliphatic heterocycles. The maximum atomic E-state index is 11.5. The molecule has 0 aromatic heterocycles. The van der Waals surface area contributed by atoms with Crippen LogP contribution in [0.25, 0.3) is 0 Å².